The minimum absolute atomic E-state index is 0.0247. The minimum Gasteiger partial charge on any atom is -0.291 e. The highest BCUT2D eigenvalue weighted by Gasteiger charge is 2.15. The monoisotopic (exact) mass is 368 g/mol. The quantitative estimate of drug-likeness (QED) is 0.500. The van der Waals surface area contributed by atoms with Crippen molar-refractivity contribution in [3.63, 3.8) is 0 Å². The Bertz CT molecular complexity index is 1090. The maximum absolute atomic E-state index is 12.6. The largest absolute Gasteiger partial charge is 0.291 e. The average Bonchev–Trinajstić information content (AvgIpc) is 2.77. The summed E-state index contributed by atoms with van der Waals surface area (Å²) in [4.78, 5) is 20.9. The van der Waals surface area contributed by atoms with Crippen molar-refractivity contribution in [2.75, 3.05) is 10.4 Å². The third-order valence-corrected chi connectivity index (χ3v) is 4.53. The topological polar surface area (TPSA) is 58.1 Å². The fourth-order valence-electron chi connectivity index (χ4n) is 3.04. The number of carbonyl (C=O) groups is 1. The molecule has 138 valence electrons. The van der Waals surface area contributed by atoms with Gasteiger partial charge < -0.3 is 0 Å². The maximum atomic E-state index is 12.6. The Morgan fingerprint density at radius 2 is 1.71 bits per heavy atom. The molecule has 3 aromatic carbocycles. The predicted molar refractivity (Wildman–Crippen MR) is 113 cm³/mol. The summed E-state index contributed by atoms with van der Waals surface area (Å²) in [5.74, 6) is -0.0247. The third-order valence-electron chi connectivity index (χ3n) is 4.53. The summed E-state index contributed by atoms with van der Waals surface area (Å²) in [6, 6.07) is 23.9. The van der Waals surface area contributed by atoms with Crippen LogP contribution in [0.25, 0.3) is 22.0 Å². The lowest BCUT2D eigenvalue weighted by molar-refractivity contribution is -0.118. The summed E-state index contributed by atoms with van der Waals surface area (Å²) in [6.45, 7) is 1.85. The molecule has 4 rings (SSSR count). The molecule has 5 heteroatoms. The van der Waals surface area contributed by atoms with Crippen molar-refractivity contribution in [2.24, 2.45) is 0 Å². The van der Waals surface area contributed by atoms with E-state index in [1.54, 1.807) is 11.2 Å². The molecule has 0 aliphatic carbocycles. The summed E-state index contributed by atoms with van der Waals surface area (Å²) in [6.07, 6.45) is 3.65. The number of nitrogens with zero attached hydrogens (tertiary/aromatic N) is 3. The Labute approximate surface area is 163 Å². The van der Waals surface area contributed by atoms with Gasteiger partial charge in [-0.1, -0.05) is 49.4 Å². The van der Waals surface area contributed by atoms with Gasteiger partial charge in [0.2, 0.25) is 5.91 Å². The molecule has 4 aromatic rings. The van der Waals surface area contributed by atoms with Crippen LogP contribution < -0.4 is 10.4 Å². The van der Waals surface area contributed by atoms with Gasteiger partial charge in [0.1, 0.15) is 6.33 Å². The van der Waals surface area contributed by atoms with Crippen LogP contribution in [-0.2, 0) is 4.79 Å². The van der Waals surface area contributed by atoms with E-state index in [4.69, 9.17) is 0 Å². The second kappa shape index (κ2) is 7.88. The molecular formula is C23H20N4O. The van der Waals surface area contributed by atoms with Gasteiger partial charge in [-0.2, -0.15) is 0 Å². The van der Waals surface area contributed by atoms with Crippen molar-refractivity contribution in [2.45, 2.75) is 13.3 Å². The van der Waals surface area contributed by atoms with Crippen molar-refractivity contribution < 1.29 is 4.79 Å². The van der Waals surface area contributed by atoms with Gasteiger partial charge in [0.15, 0.2) is 0 Å². The van der Waals surface area contributed by atoms with E-state index < -0.39 is 0 Å². The highest BCUT2D eigenvalue weighted by molar-refractivity contribution is 5.97. The highest BCUT2D eigenvalue weighted by atomic mass is 16.2. The van der Waals surface area contributed by atoms with Gasteiger partial charge in [-0.25, -0.2) is 15.0 Å². The Kier molecular flexibility index (Phi) is 4.97. The molecule has 0 fully saturated rings. The lowest BCUT2D eigenvalue weighted by Gasteiger charge is -2.24. The number of amides is 1. The number of benzene rings is 3. The maximum Gasteiger partial charge on any atom is 0.245 e. The number of nitrogens with one attached hydrogen (secondary N) is 1. The zero-order chi connectivity index (χ0) is 19.3. The van der Waals surface area contributed by atoms with Gasteiger partial charge in [-0.3, -0.25) is 10.2 Å². The molecular weight excluding hydrogens is 348 g/mol. The van der Waals surface area contributed by atoms with Gasteiger partial charge in [0.25, 0.3) is 0 Å². The van der Waals surface area contributed by atoms with Crippen LogP contribution in [0.3, 0.4) is 0 Å². The molecule has 0 unspecified atom stereocenters. The van der Waals surface area contributed by atoms with Crippen molar-refractivity contribution in [3.8, 4) is 11.1 Å². The summed E-state index contributed by atoms with van der Waals surface area (Å²) in [5, 5.41) is 2.46. The third kappa shape index (κ3) is 3.69. The number of fused-ring (bicyclic) bond motifs is 1. The van der Waals surface area contributed by atoms with E-state index >= 15 is 0 Å². The van der Waals surface area contributed by atoms with Crippen LogP contribution >= 0.6 is 0 Å². The van der Waals surface area contributed by atoms with E-state index in [9.17, 15) is 4.79 Å². The van der Waals surface area contributed by atoms with E-state index in [2.05, 4.69) is 27.5 Å². The zero-order valence-electron chi connectivity index (χ0n) is 15.5. The lowest BCUT2D eigenvalue weighted by Crippen LogP contribution is -2.35. The predicted octanol–water partition coefficient (Wildman–Crippen LogP) is 5.07. The number of aromatic nitrogens is 2. The number of hydrogen-bond acceptors (Lipinski definition) is 4. The first-order chi connectivity index (χ1) is 13.7. The molecule has 0 bridgehead atoms. The summed E-state index contributed by atoms with van der Waals surface area (Å²) < 4.78 is 0. The fraction of sp³-hybridized carbons (Fsp3) is 0.0870. The van der Waals surface area contributed by atoms with Crippen LogP contribution in [0.5, 0.6) is 0 Å². The van der Waals surface area contributed by atoms with E-state index in [1.807, 2.05) is 67.6 Å². The first kappa shape index (κ1) is 17.7. The molecule has 5 nitrogen and oxygen atoms in total. The Balaban J connectivity index is 1.62. The number of hydrogen-bond donors (Lipinski definition) is 1. The van der Waals surface area contributed by atoms with Gasteiger partial charge in [0.05, 0.1) is 16.9 Å². The highest BCUT2D eigenvalue weighted by Crippen LogP contribution is 2.24. The molecule has 0 spiro atoms. The standard InChI is InChI=1S/C23H20N4O/c1-2-23(28)27(21-12-13-22-19(14-21)15-24-16-25-22)26-20-10-8-18(9-11-20)17-6-4-3-5-7-17/h3-16,26H,2H2,1H3. The van der Waals surface area contributed by atoms with Crippen molar-refractivity contribution in [1.82, 2.24) is 9.97 Å². The van der Waals surface area contributed by atoms with Gasteiger partial charge in [-0.05, 0) is 41.5 Å². The molecule has 28 heavy (non-hydrogen) atoms. The summed E-state index contributed by atoms with van der Waals surface area (Å²) >= 11 is 0. The molecule has 0 radical (unpaired) electrons. The van der Waals surface area contributed by atoms with Gasteiger partial charge in [0, 0.05) is 18.0 Å². The normalized spacial score (nSPS) is 10.6. The summed E-state index contributed by atoms with van der Waals surface area (Å²) in [7, 11) is 0. The molecule has 1 aromatic heterocycles. The SMILES string of the molecule is CCC(=O)N(Nc1ccc(-c2ccccc2)cc1)c1ccc2ncncc2c1. The van der Waals surface area contributed by atoms with Gasteiger partial charge in [-0.15, -0.1) is 0 Å². The van der Waals surface area contributed by atoms with Crippen LogP contribution in [0.4, 0.5) is 11.4 Å². The average molecular weight is 368 g/mol. The number of anilines is 2. The molecule has 0 saturated heterocycles. The molecule has 1 heterocycles. The van der Waals surface area contributed by atoms with E-state index in [0.29, 0.717) is 6.42 Å². The molecule has 0 atom stereocenters. The van der Waals surface area contributed by atoms with Crippen molar-refractivity contribution in [3.05, 3.63) is 85.3 Å². The second-order valence-corrected chi connectivity index (χ2v) is 6.40. The van der Waals surface area contributed by atoms with Crippen LogP contribution in [0, 0.1) is 0 Å². The van der Waals surface area contributed by atoms with Crippen molar-refractivity contribution >= 4 is 28.2 Å². The van der Waals surface area contributed by atoms with Crippen molar-refractivity contribution in [1.29, 1.82) is 0 Å². The first-order valence-electron chi connectivity index (χ1n) is 9.19. The molecule has 0 saturated carbocycles. The van der Waals surface area contributed by atoms with Crippen LogP contribution in [0.1, 0.15) is 13.3 Å². The van der Waals surface area contributed by atoms with Crippen LogP contribution in [0.15, 0.2) is 85.3 Å². The Hall–Kier alpha value is -3.73. The van der Waals surface area contributed by atoms with E-state index in [0.717, 1.165) is 33.4 Å². The molecule has 0 aliphatic heterocycles. The second-order valence-electron chi connectivity index (χ2n) is 6.40. The van der Waals surface area contributed by atoms with Gasteiger partial charge >= 0.3 is 0 Å². The Morgan fingerprint density at radius 3 is 2.46 bits per heavy atom. The summed E-state index contributed by atoms with van der Waals surface area (Å²) in [5.41, 5.74) is 7.95. The van der Waals surface area contributed by atoms with Crippen LogP contribution in [-0.4, -0.2) is 15.9 Å². The van der Waals surface area contributed by atoms with Crippen LogP contribution in [0.2, 0.25) is 0 Å². The number of rotatable bonds is 5. The Morgan fingerprint density at radius 1 is 0.964 bits per heavy atom. The van der Waals surface area contributed by atoms with E-state index in [1.165, 1.54) is 6.33 Å². The first-order valence-corrected chi connectivity index (χ1v) is 9.19. The number of carbonyl (C=O) groups excluding carboxylic acids is 1. The minimum atomic E-state index is -0.0247. The smallest absolute Gasteiger partial charge is 0.245 e. The fourth-order valence-corrected chi connectivity index (χ4v) is 3.04. The lowest BCUT2D eigenvalue weighted by atomic mass is 10.1. The zero-order valence-corrected chi connectivity index (χ0v) is 15.5. The molecule has 0 aliphatic rings. The molecule has 1 N–H and O–H groups in total. The van der Waals surface area contributed by atoms with E-state index in [-0.39, 0.29) is 5.91 Å². The number of hydrazine groups is 1. The molecule has 1 amide bonds.